The lowest BCUT2D eigenvalue weighted by molar-refractivity contribution is -0.165. The summed E-state index contributed by atoms with van der Waals surface area (Å²) in [7, 11) is -5.91. The number of ether oxygens (including phenoxy) is 1. The summed E-state index contributed by atoms with van der Waals surface area (Å²) in [6.07, 6.45) is -1.16. The van der Waals surface area contributed by atoms with Gasteiger partial charge in [-0.1, -0.05) is 48.5 Å². The van der Waals surface area contributed by atoms with Crippen molar-refractivity contribution in [2.24, 2.45) is 0 Å². The average molecular weight is 340 g/mol. The molecule has 5 nitrogen and oxygen atoms in total. The number of carbonyl (C=O) groups excluding carboxylic acids is 1. The van der Waals surface area contributed by atoms with Gasteiger partial charge in [-0.2, -0.15) is 17.2 Å². The zero-order chi connectivity index (χ0) is 16.8. The van der Waals surface area contributed by atoms with Gasteiger partial charge in [0.05, 0.1) is 0 Å². The van der Waals surface area contributed by atoms with Crippen molar-refractivity contribution in [3.63, 3.8) is 0 Å². The highest BCUT2D eigenvalue weighted by Gasteiger charge is 2.55. The first kappa shape index (κ1) is 15.6. The third-order valence-electron chi connectivity index (χ3n) is 3.56. The zero-order valence-corrected chi connectivity index (χ0v) is 12.3. The highest BCUT2D eigenvalue weighted by molar-refractivity contribution is 7.87. The minimum atomic E-state index is -5.91. The molecule has 0 aromatic heterocycles. The molecular weight excluding hydrogens is 330 g/mol. The number of halogens is 2. The minimum Gasteiger partial charge on any atom is -0.447 e. The van der Waals surface area contributed by atoms with Crippen LogP contribution < -0.4 is 0 Å². The van der Waals surface area contributed by atoms with Crippen LogP contribution >= 0.6 is 0 Å². The molecule has 0 saturated carbocycles. The minimum absolute atomic E-state index is 0.466. The van der Waals surface area contributed by atoms with E-state index in [1.54, 1.807) is 48.5 Å². The van der Waals surface area contributed by atoms with Gasteiger partial charge in [-0.25, -0.2) is 4.79 Å². The van der Waals surface area contributed by atoms with E-state index in [1.807, 2.05) is 0 Å². The van der Waals surface area contributed by atoms with Crippen LogP contribution in [-0.2, 0) is 19.6 Å². The van der Waals surface area contributed by atoms with Gasteiger partial charge in [0, 0.05) is 11.1 Å². The van der Waals surface area contributed by atoms with Crippen LogP contribution in [0.2, 0.25) is 0 Å². The number of benzene rings is 2. The highest BCUT2D eigenvalue weighted by atomic mass is 32.2. The predicted molar refractivity (Wildman–Crippen MR) is 76.3 cm³/mol. The van der Waals surface area contributed by atoms with Crippen LogP contribution in [0.5, 0.6) is 0 Å². The Hall–Kier alpha value is -2.32. The summed E-state index contributed by atoms with van der Waals surface area (Å²) < 4.78 is 61.4. The van der Waals surface area contributed by atoms with E-state index in [9.17, 15) is 22.0 Å². The fourth-order valence-electron chi connectivity index (χ4n) is 2.52. The van der Waals surface area contributed by atoms with Crippen LogP contribution in [0.4, 0.5) is 8.78 Å². The first-order valence-electron chi connectivity index (χ1n) is 6.47. The van der Waals surface area contributed by atoms with Gasteiger partial charge in [0.1, 0.15) is 0 Å². The molecule has 2 aromatic rings. The fraction of sp³-hybridized carbons (Fsp3) is 0.133. The number of rotatable bonds is 3. The van der Waals surface area contributed by atoms with Gasteiger partial charge in [-0.3, -0.25) is 4.55 Å². The van der Waals surface area contributed by atoms with Gasteiger partial charge in [0.15, 0.2) is 6.10 Å². The van der Waals surface area contributed by atoms with E-state index in [1.165, 1.54) is 0 Å². The van der Waals surface area contributed by atoms with Crippen LogP contribution in [-0.4, -0.2) is 24.2 Å². The Balaban J connectivity index is 2.03. The number of esters is 1. The Morgan fingerprint density at radius 2 is 1.43 bits per heavy atom. The molecule has 0 unspecified atom stereocenters. The van der Waals surface area contributed by atoms with Crippen LogP contribution in [0.25, 0.3) is 11.1 Å². The van der Waals surface area contributed by atoms with Gasteiger partial charge < -0.3 is 4.74 Å². The van der Waals surface area contributed by atoms with Gasteiger partial charge in [0.25, 0.3) is 0 Å². The van der Waals surface area contributed by atoms with E-state index in [-0.39, 0.29) is 0 Å². The number of hydrogen-bond donors (Lipinski definition) is 1. The molecule has 3 rings (SSSR count). The number of alkyl halides is 2. The molecule has 0 spiro atoms. The second kappa shape index (κ2) is 5.10. The van der Waals surface area contributed by atoms with E-state index in [2.05, 4.69) is 0 Å². The Morgan fingerprint density at radius 1 is 1.00 bits per heavy atom. The molecule has 1 aliphatic carbocycles. The second-order valence-corrected chi connectivity index (χ2v) is 6.41. The van der Waals surface area contributed by atoms with E-state index in [4.69, 9.17) is 9.29 Å². The average Bonchev–Trinajstić information content (AvgIpc) is 2.81. The SMILES string of the molecule is O=C(OC1c2ccccc2-c2ccccc21)C(F)(F)S(=O)(=O)O. The maximum absolute atomic E-state index is 13.4. The van der Waals surface area contributed by atoms with Crippen LogP contribution in [0.15, 0.2) is 48.5 Å². The lowest BCUT2D eigenvalue weighted by Crippen LogP contribution is -2.39. The van der Waals surface area contributed by atoms with Crippen molar-refractivity contribution in [2.45, 2.75) is 11.4 Å². The summed E-state index contributed by atoms with van der Waals surface area (Å²) >= 11 is 0. The molecule has 0 bridgehead atoms. The molecular formula is C15H10F2O5S. The Bertz CT molecular complexity index is 847. The van der Waals surface area contributed by atoms with Crippen molar-refractivity contribution in [3.8, 4) is 11.1 Å². The van der Waals surface area contributed by atoms with E-state index >= 15 is 0 Å². The summed E-state index contributed by atoms with van der Waals surface area (Å²) in [5, 5.41) is -5.03. The van der Waals surface area contributed by atoms with Crippen molar-refractivity contribution in [2.75, 3.05) is 0 Å². The molecule has 0 fully saturated rings. The van der Waals surface area contributed by atoms with Crippen LogP contribution in [0.3, 0.4) is 0 Å². The number of hydrogen-bond acceptors (Lipinski definition) is 4. The Morgan fingerprint density at radius 3 is 1.87 bits per heavy atom. The van der Waals surface area contributed by atoms with Gasteiger partial charge in [-0.15, -0.1) is 0 Å². The largest absolute Gasteiger partial charge is 0.465 e. The van der Waals surface area contributed by atoms with E-state index < -0.39 is 27.4 Å². The molecule has 1 aliphatic rings. The third-order valence-corrected chi connectivity index (χ3v) is 4.38. The molecule has 1 N–H and O–H groups in total. The maximum Gasteiger partial charge on any atom is 0.465 e. The van der Waals surface area contributed by atoms with Gasteiger partial charge >= 0.3 is 21.3 Å². The summed E-state index contributed by atoms with van der Waals surface area (Å²) in [4.78, 5) is 11.6. The molecule has 0 aliphatic heterocycles. The third kappa shape index (κ3) is 2.40. The number of fused-ring (bicyclic) bond motifs is 3. The molecule has 23 heavy (non-hydrogen) atoms. The van der Waals surface area contributed by atoms with Crippen LogP contribution in [0, 0.1) is 0 Å². The first-order chi connectivity index (χ1) is 10.7. The van der Waals surface area contributed by atoms with Gasteiger partial charge in [-0.05, 0) is 11.1 Å². The monoisotopic (exact) mass is 340 g/mol. The lowest BCUT2D eigenvalue weighted by atomic mass is 10.1. The van der Waals surface area contributed by atoms with Crippen molar-refractivity contribution in [1.29, 1.82) is 0 Å². The predicted octanol–water partition coefficient (Wildman–Crippen LogP) is 2.78. The molecule has 0 atom stereocenters. The fourth-order valence-corrected chi connectivity index (χ4v) is 2.78. The molecule has 0 amide bonds. The summed E-state index contributed by atoms with van der Waals surface area (Å²) in [6.45, 7) is 0. The quantitative estimate of drug-likeness (QED) is 0.686. The Kier molecular flexibility index (Phi) is 3.46. The lowest BCUT2D eigenvalue weighted by Gasteiger charge is -2.18. The topological polar surface area (TPSA) is 80.7 Å². The van der Waals surface area contributed by atoms with Crippen LogP contribution in [0.1, 0.15) is 17.2 Å². The molecule has 0 radical (unpaired) electrons. The summed E-state index contributed by atoms with van der Waals surface area (Å²) in [5.74, 6) is -2.32. The highest BCUT2D eigenvalue weighted by Crippen LogP contribution is 2.45. The molecule has 8 heteroatoms. The zero-order valence-electron chi connectivity index (χ0n) is 11.4. The van der Waals surface area contributed by atoms with E-state index in [0.717, 1.165) is 0 Å². The smallest absolute Gasteiger partial charge is 0.447 e. The van der Waals surface area contributed by atoms with Crippen molar-refractivity contribution >= 4 is 16.1 Å². The molecule has 0 heterocycles. The van der Waals surface area contributed by atoms with Crippen molar-refractivity contribution in [1.82, 2.24) is 0 Å². The summed E-state index contributed by atoms with van der Waals surface area (Å²) in [6, 6.07) is 13.4. The summed E-state index contributed by atoms with van der Waals surface area (Å²) in [5.41, 5.74) is 2.34. The maximum atomic E-state index is 13.4. The normalized spacial score (nSPS) is 14.2. The second-order valence-electron chi connectivity index (χ2n) is 4.95. The molecule has 2 aromatic carbocycles. The van der Waals surface area contributed by atoms with Gasteiger partial charge in [0.2, 0.25) is 0 Å². The molecule has 120 valence electrons. The first-order valence-corrected chi connectivity index (χ1v) is 7.91. The Labute approximate surface area is 130 Å². The van der Waals surface area contributed by atoms with E-state index in [0.29, 0.717) is 22.3 Å². The van der Waals surface area contributed by atoms with Crippen molar-refractivity contribution < 1.29 is 31.3 Å². The molecule has 0 saturated heterocycles. The van der Waals surface area contributed by atoms with Crippen molar-refractivity contribution in [3.05, 3.63) is 59.7 Å². The standard InChI is InChI=1S/C15H10F2O5S/c16-15(17,23(19,20)21)14(18)22-13-11-7-3-1-5-9(11)10-6-2-4-8-12(10)13/h1-8,13H,(H,19,20,21). The number of carbonyl (C=O) groups is 1.